The van der Waals surface area contributed by atoms with Gasteiger partial charge in [-0.1, -0.05) is 12.1 Å². The van der Waals surface area contributed by atoms with E-state index in [1.165, 1.54) is 39.5 Å². The fraction of sp³-hybridized carbons (Fsp3) is 0.263. The molecule has 0 unspecified atom stereocenters. The van der Waals surface area contributed by atoms with Crippen LogP contribution < -0.4 is 15.7 Å². The Kier molecular flexibility index (Phi) is 5.85. The SMILES string of the molecule is Cn1c(=O)n(C)c2cc(S(=O)(=O)NCCNC(=O)Cc3cccc(F)c3)ccc21. The third kappa shape index (κ3) is 4.54. The van der Waals surface area contributed by atoms with Gasteiger partial charge < -0.3 is 5.32 Å². The van der Waals surface area contributed by atoms with Gasteiger partial charge >= 0.3 is 5.69 Å². The number of fused-ring (bicyclic) bond motifs is 1. The van der Waals surface area contributed by atoms with E-state index in [2.05, 4.69) is 10.0 Å². The summed E-state index contributed by atoms with van der Waals surface area (Å²) in [6, 6.07) is 10.2. The summed E-state index contributed by atoms with van der Waals surface area (Å²) < 4.78 is 43.3. The topological polar surface area (TPSA) is 102 Å². The van der Waals surface area contributed by atoms with Gasteiger partial charge in [0.1, 0.15) is 5.82 Å². The van der Waals surface area contributed by atoms with Gasteiger partial charge in [-0.2, -0.15) is 0 Å². The standard InChI is InChI=1S/C19H21FN4O4S/c1-23-16-7-6-15(12-17(16)24(2)19(23)26)29(27,28)22-9-8-21-18(25)11-13-4-3-5-14(20)10-13/h3-7,10,12,22H,8-9,11H2,1-2H3,(H,21,25). The molecule has 0 aliphatic rings. The molecule has 0 bridgehead atoms. The van der Waals surface area contributed by atoms with Gasteiger partial charge in [-0.3, -0.25) is 13.9 Å². The molecule has 3 rings (SSSR count). The Balaban J connectivity index is 1.59. The number of aryl methyl sites for hydroxylation is 2. The van der Waals surface area contributed by atoms with Crippen LogP contribution in [0.2, 0.25) is 0 Å². The van der Waals surface area contributed by atoms with Crippen molar-refractivity contribution < 1.29 is 17.6 Å². The maximum Gasteiger partial charge on any atom is 0.328 e. The lowest BCUT2D eigenvalue weighted by molar-refractivity contribution is -0.120. The molecule has 0 atom stereocenters. The predicted octanol–water partition coefficient (Wildman–Crippen LogP) is 0.653. The van der Waals surface area contributed by atoms with E-state index >= 15 is 0 Å². The van der Waals surface area contributed by atoms with Crippen molar-refractivity contribution in [3.05, 3.63) is 64.3 Å². The van der Waals surface area contributed by atoms with Gasteiger partial charge in [0.25, 0.3) is 0 Å². The Bertz CT molecular complexity index is 1230. The lowest BCUT2D eigenvalue weighted by Crippen LogP contribution is -2.35. The zero-order valence-electron chi connectivity index (χ0n) is 16.0. The van der Waals surface area contributed by atoms with Crippen molar-refractivity contribution in [2.75, 3.05) is 13.1 Å². The molecule has 0 saturated heterocycles. The number of amides is 1. The van der Waals surface area contributed by atoms with Gasteiger partial charge in [-0.05, 0) is 35.9 Å². The Morgan fingerprint density at radius 3 is 2.48 bits per heavy atom. The van der Waals surface area contributed by atoms with Crippen LogP contribution in [-0.2, 0) is 35.3 Å². The number of carbonyl (C=O) groups is 1. The van der Waals surface area contributed by atoms with Crippen LogP contribution in [0.1, 0.15) is 5.56 Å². The van der Waals surface area contributed by atoms with E-state index in [4.69, 9.17) is 0 Å². The molecule has 0 fully saturated rings. The molecule has 3 aromatic rings. The Morgan fingerprint density at radius 1 is 1.03 bits per heavy atom. The van der Waals surface area contributed by atoms with E-state index in [-0.39, 0.29) is 36.0 Å². The molecule has 0 spiro atoms. The summed E-state index contributed by atoms with van der Waals surface area (Å²) in [6.07, 6.45) is 0.00319. The maximum atomic E-state index is 13.1. The number of nitrogens with zero attached hydrogens (tertiary/aromatic N) is 2. The molecule has 2 N–H and O–H groups in total. The Labute approximate surface area is 167 Å². The minimum absolute atomic E-state index is 0.00319. The third-order valence-corrected chi connectivity index (χ3v) is 6.01. The van der Waals surface area contributed by atoms with Crippen molar-refractivity contribution in [2.45, 2.75) is 11.3 Å². The van der Waals surface area contributed by atoms with Crippen LogP contribution in [0.3, 0.4) is 0 Å². The fourth-order valence-corrected chi connectivity index (χ4v) is 4.07. The molecule has 1 amide bonds. The molecule has 0 radical (unpaired) electrons. The van der Waals surface area contributed by atoms with Crippen LogP contribution >= 0.6 is 0 Å². The number of benzene rings is 2. The second-order valence-corrected chi connectivity index (χ2v) is 8.37. The maximum absolute atomic E-state index is 13.1. The van der Waals surface area contributed by atoms with E-state index in [0.29, 0.717) is 16.6 Å². The number of carbonyl (C=O) groups excluding carboxylic acids is 1. The summed E-state index contributed by atoms with van der Waals surface area (Å²) in [4.78, 5) is 23.9. The van der Waals surface area contributed by atoms with E-state index in [1.54, 1.807) is 26.2 Å². The lowest BCUT2D eigenvalue weighted by atomic mass is 10.1. The molecular formula is C19H21FN4O4S. The van der Waals surface area contributed by atoms with Gasteiger partial charge in [0.2, 0.25) is 15.9 Å². The van der Waals surface area contributed by atoms with Crippen LogP contribution in [0.5, 0.6) is 0 Å². The molecule has 29 heavy (non-hydrogen) atoms. The van der Waals surface area contributed by atoms with E-state index in [1.807, 2.05) is 0 Å². The second kappa shape index (κ2) is 8.18. The number of halogens is 1. The highest BCUT2D eigenvalue weighted by atomic mass is 32.2. The quantitative estimate of drug-likeness (QED) is 0.548. The number of rotatable bonds is 7. The Hall–Kier alpha value is -2.98. The van der Waals surface area contributed by atoms with Crippen molar-refractivity contribution in [1.29, 1.82) is 0 Å². The van der Waals surface area contributed by atoms with Crippen molar-refractivity contribution in [3.8, 4) is 0 Å². The normalized spacial score (nSPS) is 11.7. The fourth-order valence-electron chi connectivity index (χ4n) is 3.02. The largest absolute Gasteiger partial charge is 0.355 e. The average molecular weight is 420 g/mol. The van der Waals surface area contributed by atoms with Crippen molar-refractivity contribution in [3.63, 3.8) is 0 Å². The van der Waals surface area contributed by atoms with Gasteiger partial charge in [0.05, 0.1) is 22.3 Å². The zero-order valence-corrected chi connectivity index (χ0v) is 16.8. The van der Waals surface area contributed by atoms with Crippen molar-refractivity contribution in [1.82, 2.24) is 19.2 Å². The first-order valence-electron chi connectivity index (χ1n) is 8.85. The first-order valence-corrected chi connectivity index (χ1v) is 10.3. The highest BCUT2D eigenvalue weighted by molar-refractivity contribution is 7.89. The minimum atomic E-state index is -3.81. The molecule has 154 valence electrons. The summed E-state index contributed by atoms with van der Waals surface area (Å²) in [5.41, 5.74) is 1.42. The van der Waals surface area contributed by atoms with Crippen LogP contribution in [0.4, 0.5) is 4.39 Å². The number of sulfonamides is 1. The molecule has 1 heterocycles. The first-order chi connectivity index (χ1) is 13.7. The third-order valence-electron chi connectivity index (χ3n) is 4.55. The number of aromatic nitrogens is 2. The van der Waals surface area contributed by atoms with Gasteiger partial charge in [0, 0.05) is 27.2 Å². The summed E-state index contributed by atoms with van der Waals surface area (Å²) in [5, 5.41) is 2.59. The van der Waals surface area contributed by atoms with Gasteiger partial charge in [0.15, 0.2) is 0 Å². The molecule has 10 heteroatoms. The average Bonchev–Trinajstić information content (AvgIpc) is 2.89. The number of nitrogens with one attached hydrogen (secondary N) is 2. The summed E-state index contributed by atoms with van der Waals surface area (Å²) in [5.74, 6) is -0.758. The molecule has 2 aromatic carbocycles. The van der Waals surface area contributed by atoms with Crippen LogP contribution in [-0.4, -0.2) is 36.5 Å². The summed E-state index contributed by atoms with van der Waals surface area (Å²) >= 11 is 0. The summed E-state index contributed by atoms with van der Waals surface area (Å²) in [7, 11) is -0.623. The highest BCUT2D eigenvalue weighted by Crippen LogP contribution is 2.17. The predicted molar refractivity (Wildman–Crippen MR) is 106 cm³/mol. The van der Waals surface area contributed by atoms with Gasteiger partial charge in [-0.15, -0.1) is 0 Å². The van der Waals surface area contributed by atoms with Crippen molar-refractivity contribution >= 4 is 27.0 Å². The van der Waals surface area contributed by atoms with E-state index < -0.39 is 15.8 Å². The van der Waals surface area contributed by atoms with Crippen LogP contribution in [0.25, 0.3) is 11.0 Å². The van der Waals surface area contributed by atoms with Crippen LogP contribution in [0.15, 0.2) is 52.2 Å². The smallest absolute Gasteiger partial charge is 0.328 e. The molecule has 0 saturated carbocycles. The lowest BCUT2D eigenvalue weighted by Gasteiger charge is -2.09. The van der Waals surface area contributed by atoms with Gasteiger partial charge in [-0.25, -0.2) is 22.3 Å². The minimum Gasteiger partial charge on any atom is -0.355 e. The highest BCUT2D eigenvalue weighted by Gasteiger charge is 2.17. The monoisotopic (exact) mass is 420 g/mol. The summed E-state index contributed by atoms with van der Waals surface area (Å²) in [6.45, 7) is 0.0719. The van der Waals surface area contributed by atoms with Crippen LogP contribution in [0, 0.1) is 5.82 Å². The second-order valence-electron chi connectivity index (χ2n) is 6.61. The molecular weight excluding hydrogens is 399 g/mol. The zero-order chi connectivity index (χ0) is 21.2. The molecule has 8 nitrogen and oxygen atoms in total. The van der Waals surface area contributed by atoms with E-state index in [9.17, 15) is 22.4 Å². The Morgan fingerprint density at radius 2 is 1.76 bits per heavy atom. The number of hydrogen-bond donors (Lipinski definition) is 2. The molecule has 0 aliphatic heterocycles. The molecule has 0 aliphatic carbocycles. The number of hydrogen-bond acceptors (Lipinski definition) is 4. The van der Waals surface area contributed by atoms with E-state index in [0.717, 1.165) is 0 Å². The first kappa shape index (κ1) is 20.7. The molecule has 1 aromatic heterocycles. The van der Waals surface area contributed by atoms with Crippen molar-refractivity contribution in [2.24, 2.45) is 14.1 Å². The number of imidazole rings is 1.